The summed E-state index contributed by atoms with van der Waals surface area (Å²) in [7, 11) is 1.80. The van der Waals surface area contributed by atoms with Crippen molar-refractivity contribution in [3.63, 3.8) is 0 Å². The number of aromatic amines is 1. The Morgan fingerprint density at radius 1 is 1.25 bits per heavy atom. The first kappa shape index (κ1) is 37.0. The van der Waals surface area contributed by atoms with Crippen molar-refractivity contribution in [2.24, 2.45) is 5.41 Å². The van der Waals surface area contributed by atoms with Crippen molar-refractivity contribution < 1.29 is 14.3 Å². The fourth-order valence-electron chi connectivity index (χ4n) is 3.95. The van der Waals surface area contributed by atoms with Crippen molar-refractivity contribution in [2.45, 2.75) is 87.5 Å². The lowest BCUT2D eigenvalue weighted by atomic mass is 9.68. The van der Waals surface area contributed by atoms with Gasteiger partial charge in [-0.3, -0.25) is 9.59 Å². The van der Waals surface area contributed by atoms with Crippen LogP contribution in [0.4, 0.5) is 0 Å². The van der Waals surface area contributed by atoms with Gasteiger partial charge in [0.2, 0.25) is 6.41 Å². The number of allylic oxidation sites excluding steroid dienone is 5. The van der Waals surface area contributed by atoms with E-state index in [-0.39, 0.29) is 5.78 Å². The van der Waals surface area contributed by atoms with E-state index >= 15 is 0 Å². The van der Waals surface area contributed by atoms with Crippen molar-refractivity contribution in [1.82, 2.24) is 15.3 Å². The Labute approximate surface area is 246 Å². The summed E-state index contributed by atoms with van der Waals surface area (Å²) in [5.41, 5.74) is 5.87. The fraction of sp³-hybridized carbons (Fsp3) is 0.485. The van der Waals surface area contributed by atoms with Gasteiger partial charge in [0.15, 0.2) is 5.78 Å². The summed E-state index contributed by atoms with van der Waals surface area (Å²) in [5.74, 6) is -0.131. The number of thiazole rings is 1. The maximum atomic E-state index is 11.7. The van der Waals surface area contributed by atoms with Gasteiger partial charge in [0, 0.05) is 47.3 Å². The highest BCUT2D eigenvalue weighted by Gasteiger charge is 2.34. The van der Waals surface area contributed by atoms with Gasteiger partial charge in [-0.15, -0.1) is 11.3 Å². The van der Waals surface area contributed by atoms with Gasteiger partial charge in [0.05, 0.1) is 12.3 Å². The molecule has 40 heavy (non-hydrogen) atoms. The first-order valence-corrected chi connectivity index (χ1v) is 15.1. The van der Waals surface area contributed by atoms with Gasteiger partial charge in [-0.2, -0.15) is 0 Å². The number of ketones is 1. The SMILES string of the molecule is C=C/C=C\c1c(-c2csc(/C(C)=C/C(=C\NC=O)C(C)=O)n2)c[nH]c1C.CC.CCC.CCC1(COC)CCC1. The molecule has 3 rings (SSSR count). The standard InChI is InChI=1S/C20H21N3O2S.C8H16O.C3H8.C2H6/c1-5-6-7-17-14(3)22-10-18(17)19-11-26-20(23-19)13(2)8-16(15(4)25)9-21-12-24;1-3-8(7-9-2)5-4-6-8;1-3-2;1-2/h5-12,22H,1H2,2-4H3,(H,21,24);3-7H2,1-2H3;3H2,1-2H3;1-2H3/b7-6-,13-8+,16-9+;;;. The number of Topliss-reactive ketones (excluding diaryl/α,β-unsaturated/α-hetero) is 1. The molecule has 1 aliphatic rings. The normalized spacial score (nSPS) is 13.9. The number of carbonyl (C=O) groups is 2. The largest absolute Gasteiger partial charge is 0.384 e. The van der Waals surface area contributed by atoms with E-state index in [1.54, 1.807) is 19.3 Å². The van der Waals surface area contributed by atoms with Crippen LogP contribution in [0.2, 0.25) is 0 Å². The van der Waals surface area contributed by atoms with Crippen LogP contribution in [0.25, 0.3) is 22.9 Å². The van der Waals surface area contributed by atoms with Crippen molar-refractivity contribution in [2.75, 3.05) is 13.7 Å². The Hall–Kier alpha value is -3.03. The number of hydrogen-bond donors (Lipinski definition) is 2. The second kappa shape index (κ2) is 20.8. The molecule has 2 heterocycles. The molecule has 1 saturated carbocycles. The van der Waals surface area contributed by atoms with Crippen LogP contribution in [0.15, 0.2) is 48.2 Å². The summed E-state index contributed by atoms with van der Waals surface area (Å²) in [6.45, 7) is 20.5. The monoisotopic (exact) mass is 569 g/mol. The highest BCUT2D eigenvalue weighted by molar-refractivity contribution is 7.11. The summed E-state index contributed by atoms with van der Waals surface area (Å²) in [4.78, 5) is 30.0. The van der Waals surface area contributed by atoms with Crippen molar-refractivity contribution >= 4 is 35.2 Å². The highest BCUT2D eigenvalue weighted by atomic mass is 32.1. The first-order chi connectivity index (χ1) is 19.2. The lowest BCUT2D eigenvalue weighted by Crippen LogP contribution is -2.33. The second-order valence-electron chi connectivity index (χ2n) is 9.49. The molecule has 0 radical (unpaired) electrons. The fourth-order valence-corrected chi connectivity index (χ4v) is 4.75. The number of carbonyl (C=O) groups excluding carboxylic acids is 2. The molecule has 0 bridgehead atoms. The minimum atomic E-state index is -0.131. The molecule has 7 heteroatoms. The molecular formula is C33H51N3O3S. The van der Waals surface area contributed by atoms with E-state index in [9.17, 15) is 9.59 Å². The summed E-state index contributed by atoms with van der Waals surface area (Å²) in [6, 6.07) is 0. The third-order valence-corrected chi connectivity index (χ3v) is 7.32. The molecule has 6 nitrogen and oxygen atoms in total. The average Bonchev–Trinajstić information content (AvgIpc) is 3.56. The summed E-state index contributed by atoms with van der Waals surface area (Å²) in [6.07, 6.45) is 17.9. The van der Waals surface area contributed by atoms with Gasteiger partial charge >= 0.3 is 0 Å². The molecule has 0 saturated heterocycles. The molecule has 1 fully saturated rings. The molecule has 1 amide bonds. The number of H-pyrrole nitrogens is 1. The number of aromatic nitrogens is 2. The van der Waals surface area contributed by atoms with Crippen molar-refractivity contribution in [3.05, 3.63) is 64.4 Å². The minimum Gasteiger partial charge on any atom is -0.384 e. The Kier molecular flexibility index (Phi) is 19.2. The lowest BCUT2D eigenvalue weighted by Gasteiger charge is -2.40. The van der Waals surface area contributed by atoms with Gasteiger partial charge in [-0.05, 0) is 57.1 Å². The van der Waals surface area contributed by atoms with Crippen LogP contribution in [-0.4, -0.2) is 35.9 Å². The Morgan fingerprint density at radius 2 is 1.90 bits per heavy atom. The summed E-state index contributed by atoms with van der Waals surface area (Å²) >= 11 is 1.51. The minimum absolute atomic E-state index is 0.131. The van der Waals surface area contributed by atoms with E-state index < -0.39 is 0 Å². The van der Waals surface area contributed by atoms with E-state index in [0.717, 1.165) is 39.7 Å². The molecule has 222 valence electrons. The van der Waals surface area contributed by atoms with Crippen LogP contribution < -0.4 is 5.32 Å². The van der Waals surface area contributed by atoms with Gasteiger partial charge in [-0.1, -0.05) is 72.3 Å². The van der Waals surface area contributed by atoms with Crippen molar-refractivity contribution in [1.29, 1.82) is 0 Å². The Morgan fingerprint density at radius 3 is 2.35 bits per heavy atom. The predicted octanol–water partition coefficient (Wildman–Crippen LogP) is 8.92. The van der Waals surface area contributed by atoms with Crippen LogP contribution in [0, 0.1) is 12.3 Å². The molecular weight excluding hydrogens is 518 g/mol. The number of rotatable bonds is 11. The van der Waals surface area contributed by atoms with E-state index in [4.69, 9.17) is 9.72 Å². The van der Waals surface area contributed by atoms with Crippen LogP contribution >= 0.6 is 11.3 Å². The molecule has 0 aliphatic heterocycles. The second-order valence-corrected chi connectivity index (χ2v) is 10.3. The topological polar surface area (TPSA) is 84.1 Å². The summed E-state index contributed by atoms with van der Waals surface area (Å²) in [5, 5.41) is 5.21. The first-order valence-electron chi connectivity index (χ1n) is 14.2. The lowest BCUT2D eigenvalue weighted by molar-refractivity contribution is -0.113. The van der Waals surface area contributed by atoms with E-state index in [1.807, 2.05) is 51.4 Å². The van der Waals surface area contributed by atoms with Crippen LogP contribution in [0.3, 0.4) is 0 Å². The third kappa shape index (κ3) is 12.0. The van der Waals surface area contributed by atoms with Gasteiger partial charge in [0.1, 0.15) is 5.01 Å². The third-order valence-electron chi connectivity index (χ3n) is 6.34. The number of methoxy groups -OCH3 is 1. The number of amides is 1. The predicted molar refractivity (Wildman–Crippen MR) is 173 cm³/mol. The molecule has 1 aliphatic carbocycles. The molecule has 0 aromatic carbocycles. The van der Waals surface area contributed by atoms with Gasteiger partial charge in [0.25, 0.3) is 0 Å². The number of nitrogens with one attached hydrogen (secondary N) is 2. The number of hydrogen-bond acceptors (Lipinski definition) is 5. The number of aryl methyl sites for hydroxylation is 1. The van der Waals surface area contributed by atoms with Crippen LogP contribution in [0.5, 0.6) is 0 Å². The molecule has 0 unspecified atom stereocenters. The Bertz CT molecular complexity index is 1110. The molecule has 0 spiro atoms. The van der Waals surface area contributed by atoms with Gasteiger partial charge < -0.3 is 15.0 Å². The molecule has 2 N–H and O–H groups in total. The smallest absolute Gasteiger partial charge is 0.211 e. The maximum absolute atomic E-state index is 11.7. The quantitative estimate of drug-likeness (QED) is 0.161. The average molecular weight is 570 g/mol. The van der Waals surface area contributed by atoms with Crippen molar-refractivity contribution in [3.8, 4) is 11.3 Å². The van der Waals surface area contributed by atoms with E-state index in [1.165, 1.54) is 56.6 Å². The highest BCUT2D eigenvalue weighted by Crippen LogP contribution is 2.43. The van der Waals surface area contributed by atoms with Crippen LogP contribution in [-0.2, 0) is 14.3 Å². The zero-order valence-corrected chi connectivity index (χ0v) is 27.0. The number of nitrogens with zero attached hydrogens (tertiary/aromatic N) is 1. The van der Waals surface area contributed by atoms with Crippen LogP contribution in [0.1, 0.15) is 96.8 Å². The maximum Gasteiger partial charge on any atom is 0.211 e. The van der Waals surface area contributed by atoms with E-state index in [0.29, 0.717) is 17.4 Å². The molecule has 0 atom stereocenters. The Balaban J connectivity index is 0.000000897. The van der Waals surface area contributed by atoms with E-state index in [2.05, 4.69) is 37.7 Å². The summed E-state index contributed by atoms with van der Waals surface area (Å²) < 4.78 is 5.14. The molecule has 2 aromatic rings. The van der Waals surface area contributed by atoms with Gasteiger partial charge in [-0.25, -0.2) is 4.98 Å². The molecule has 2 aromatic heterocycles. The zero-order valence-electron chi connectivity index (χ0n) is 26.1. The number of ether oxygens (including phenoxy) is 1. The zero-order chi connectivity index (χ0) is 30.6.